The number of imide groups is 1. The Morgan fingerprint density at radius 2 is 2.08 bits per heavy atom. The van der Waals surface area contributed by atoms with E-state index in [-0.39, 0.29) is 24.2 Å². The van der Waals surface area contributed by atoms with Crippen molar-refractivity contribution in [1.29, 1.82) is 0 Å². The van der Waals surface area contributed by atoms with E-state index in [4.69, 9.17) is 0 Å². The summed E-state index contributed by atoms with van der Waals surface area (Å²) < 4.78 is 36.1. The standard InChI is InChI=1S/C6H6F3NO2/c7-6(8,9)4-1-2-5(12)10(4)3-11/h3-4H,1-2H2. The summed E-state index contributed by atoms with van der Waals surface area (Å²) in [5.74, 6) is -0.757. The zero-order chi connectivity index (χ0) is 9.35. The first kappa shape index (κ1) is 9.02. The third kappa shape index (κ3) is 1.41. The Morgan fingerprint density at radius 1 is 1.50 bits per heavy atom. The molecule has 1 heterocycles. The average molecular weight is 181 g/mol. The molecule has 0 N–H and O–H groups in total. The van der Waals surface area contributed by atoms with Gasteiger partial charge in [0.1, 0.15) is 6.04 Å². The van der Waals surface area contributed by atoms with E-state index in [1.54, 1.807) is 0 Å². The van der Waals surface area contributed by atoms with Crippen molar-refractivity contribution in [2.75, 3.05) is 0 Å². The van der Waals surface area contributed by atoms with Crippen LogP contribution in [0.15, 0.2) is 0 Å². The number of carbonyl (C=O) groups is 2. The molecule has 12 heavy (non-hydrogen) atoms. The molecule has 0 aromatic carbocycles. The molecular formula is C6H6F3NO2. The maximum absolute atomic E-state index is 12.0. The lowest BCUT2D eigenvalue weighted by Crippen LogP contribution is -2.42. The zero-order valence-electron chi connectivity index (χ0n) is 5.97. The van der Waals surface area contributed by atoms with Gasteiger partial charge in [-0.25, -0.2) is 0 Å². The number of nitrogens with zero attached hydrogens (tertiary/aromatic N) is 1. The molecule has 6 heteroatoms. The fourth-order valence-corrected chi connectivity index (χ4v) is 1.16. The summed E-state index contributed by atoms with van der Waals surface area (Å²) in [5, 5.41) is 0. The lowest BCUT2D eigenvalue weighted by molar-refractivity contribution is -0.181. The van der Waals surface area contributed by atoms with Crippen LogP contribution < -0.4 is 0 Å². The molecule has 1 rings (SSSR count). The minimum absolute atomic E-state index is 0.0620. The number of hydrogen-bond acceptors (Lipinski definition) is 2. The van der Waals surface area contributed by atoms with Crippen LogP contribution in [0, 0.1) is 0 Å². The fourth-order valence-electron chi connectivity index (χ4n) is 1.16. The van der Waals surface area contributed by atoms with Gasteiger partial charge in [0.2, 0.25) is 12.3 Å². The third-order valence-electron chi connectivity index (χ3n) is 1.75. The topological polar surface area (TPSA) is 37.4 Å². The molecular weight excluding hydrogens is 175 g/mol. The number of amides is 2. The van der Waals surface area contributed by atoms with Crippen LogP contribution in [0.4, 0.5) is 13.2 Å². The molecule has 0 saturated carbocycles. The summed E-state index contributed by atoms with van der Waals surface area (Å²) in [5.41, 5.74) is 0. The van der Waals surface area contributed by atoms with E-state index in [1.165, 1.54) is 0 Å². The highest BCUT2D eigenvalue weighted by atomic mass is 19.4. The number of carbonyl (C=O) groups excluding carboxylic acids is 2. The predicted octanol–water partition coefficient (Wildman–Crippen LogP) is 0.696. The highest BCUT2D eigenvalue weighted by Gasteiger charge is 2.48. The van der Waals surface area contributed by atoms with Crippen LogP contribution in [0.25, 0.3) is 0 Å². The normalized spacial score (nSPS) is 24.8. The van der Waals surface area contributed by atoms with Crippen molar-refractivity contribution in [2.24, 2.45) is 0 Å². The van der Waals surface area contributed by atoms with E-state index in [0.29, 0.717) is 0 Å². The third-order valence-corrected chi connectivity index (χ3v) is 1.75. The average Bonchev–Trinajstić information content (AvgIpc) is 2.29. The second kappa shape index (κ2) is 2.76. The van der Waals surface area contributed by atoms with Crippen molar-refractivity contribution in [1.82, 2.24) is 4.90 Å². The molecule has 1 unspecified atom stereocenters. The number of rotatable bonds is 1. The van der Waals surface area contributed by atoms with E-state index in [0.717, 1.165) is 0 Å². The summed E-state index contributed by atoms with van der Waals surface area (Å²) in [6, 6.07) is -1.91. The van der Waals surface area contributed by atoms with Crippen LogP contribution in [0.5, 0.6) is 0 Å². The molecule has 1 aliphatic rings. The Hall–Kier alpha value is -1.07. The quantitative estimate of drug-likeness (QED) is 0.558. The molecule has 1 aliphatic heterocycles. The van der Waals surface area contributed by atoms with E-state index in [2.05, 4.69) is 0 Å². The SMILES string of the molecule is O=CN1C(=O)CCC1C(F)(F)F. The first-order valence-corrected chi connectivity index (χ1v) is 3.30. The molecule has 0 bridgehead atoms. The van der Waals surface area contributed by atoms with Crippen LogP contribution >= 0.6 is 0 Å². The molecule has 0 aromatic heterocycles. The lowest BCUT2D eigenvalue weighted by Gasteiger charge is -2.20. The summed E-state index contributed by atoms with van der Waals surface area (Å²) in [4.78, 5) is 20.9. The molecule has 2 amide bonds. The largest absolute Gasteiger partial charge is 0.409 e. The molecule has 3 nitrogen and oxygen atoms in total. The minimum atomic E-state index is -4.49. The molecule has 1 atom stereocenters. The maximum atomic E-state index is 12.0. The summed E-state index contributed by atoms with van der Waals surface area (Å²) >= 11 is 0. The Morgan fingerprint density at radius 3 is 2.42 bits per heavy atom. The van der Waals surface area contributed by atoms with Gasteiger partial charge >= 0.3 is 6.18 Å². The molecule has 0 radical (unpaired) electrons. The van der Waals surface area contributed by atoms with Gasteiger partial charge in [-0.2, -0.15) is 13.2 Å². The van der Waals surface area contributed by atoms with Crippen molar-refractivity contribution in [3.05, 3.63) is 0 Å². The van der Waals surface area contributed by atoms with Crippen molar-refractivity contribution in [2.45, 2.75) is 25.1 Å². The summed E-state index contributed by atoms with van der Waals surface area (Å²) in [6.45, 7) is 0. The number of halogens is 3. The smallest absolute Gasteiger partial charge is 0.278 e. The molecule has 0 aromatic rings. The lowest BCUT2D eigenvalue weighted by atomic mass is 10.2. The molecule has 68 valence electrons. The van der Waals surface area contributed by atoms with Gasteiger partial charge in [-0.1, -0.05) is 0 Å². The van der Waals surface area contributed by atoms with E-state index < -0.39 is 18.1 Å². The van der Waals surface area contributed by atoms with Crippen molar-refractivity contribution < 1.29 is 22.8 Å². The predicted molar refractivity (Wildman–Crippen MR) is 32.0 cm³/mol. The van der Waals surface area contributed by atoms with Crippen molar-refractivity contribution in [3.8, 4) is 0 Å². The van der Waals surface area contributed by atoms with Gasteiger partial charge in [0, 0.05) is 6.42 Å². The summed E-state index contributed by atoms with van der Waals surface area (Å²) in [6.07, 6.45) is -5.08. The first-order valence-electron chi connectivity index (χ1n) is 3.30. The monoisotopic (exact) mass is 181 g/mol. The van der Waals surface area contributed by atoms with Crippen LogP contribution in [0.1, 0.15) is 12.8 Å². The Balaban J connectivity index is 2.80. The van der Waals surface area contributed by atoms with Gasteiger partial charge in [-0.05, 0) is 6.42 Å². The fraction of sp³-hybridized carbons (Fsp3) is 0.667. The summed E-state index contributed by atoms with van der Waals surface area (Å²) in [7, 11) is 0. The maximum Gasteiger partial charge on any atom is 0.409 e. The second-order valence-electron chi connectivity index (χ2n) is 2.50. The molecule has 1 saturated heterocycles. The van der Waals surface area contributed by atoms with Gasteiger partial charge in [-0.3, -0.25) is 14.5 Å². The number of likely N-dealkylation sites (tertiary alicyclic amines) is 1. The van der Waals surface area contributed by atoms with Crippen molar-refractivity contribution >= 4 is 12.3 Å². The molecule has 0 aliphatic carbocycles. The van der Waals surface area contributed by atoms with Gasteiger partial charge in [0.25, 0.3) is 0 Å². The number of hydrogen-bond donors (Lipinski definition) is 0. The Labute approximate surface area is 66.1 Å². The Kier molecular flexibility index (Phi) is 2.08. The van der Waals surface area contributed by atoms with Gasteiger partial charge < -0.3 is 0 Å². The Bertz CT molecular complexity index is 213. The minimum Gasteiger partial charge on any atom is -0.278 e. The first-order chi connectivity index (χ1) is 5.46. The van der Waals surface area contributed by atoms with Crippen LogP contribution in [-0.4, -0.2) is 29.4 Å². The van der Waals surface area contributed by atoms with Gasteiger partial charge in [0.15, 0.2) is 0 Å². The molecule has 0 spiro atoms. The van der Waals surface area contributed by atoms with Crippen LogP contribution in [-0.2, 0) is 9.59 Å². The highest BCUT2D eigenvalue weighted by molar-refractivity contribution is 5.88. The van der Waals surface area contributed by atoms with E-state index >= 15 is 0 Å². The van der Waals surface area contributed by atoms with Crippen LogP contribution in [0.2, 0.25) is 0 Å². The van der Waals surface area contributed by atoms with E-state index in [9.17, 15) is 22.8 Å². The van der Waals surface area contributed by atoms with Gasteiger partial charge in [0.05, 0.1) is 0 Å². The molecule has 1 fully saturated rings. The second-order valence-corrected chi connectivity index (χ2v) is 2.50. The van der Waals surface area contributed by atoms with E-state index in [1.807, 2.05) is 0 Å². The van der Waals surface area contributed by atoms with Gasteiger partial charge in [-0.15, -0.1) is 0 Å². The van der Waals surface area contributed by atoms with Crippen LogP contribution in [0.3, 0.4) is 0 Å². The number of alkyl halides is 3. The van der Waals surface area contributed by atoms with Crippen molar-refractivity contribution in [3.63, 3.8) is 0 Å². The highest BCUT2D eigenvalue weighted by Crippen LogP contribution is 2.31. The zero-order valence-corrected chi connectivity index (χ0v) is 5.97.